The number of hydrogen-bond donors (Lipinski definition) is 2. The molecule has 3 unspecified atom stereocenters. The van der Waals surface area contributed by atoms with E-state index in [0.29, 0.717) is 11.8 Å². The fourth-order valence-corrected chi connectivity index (χ4v) is 3.33. The van der Waals surface area contributed by atoms with E-state index in [1.165, 1.54) is 25.7 Å². The van der Waals surface area contributed by atoms with E-state index in [2.05, 4.69) is 5.32 Å². The first-order chi connectivity index (χ1) is 7.85. The Morgan fingerprint density at radius 1 is 1.25 bits per heavy atom. The largest absolute Gasteiger partial charge is 0.462 e. The number of aliphatic hydroxyl groups excluding tert-OH is 1. The van der Waals surface area contributed by atoms with Gasteiger partial charge in [-0.25, -0.2) is 0 Å². The van der Waals surface area contributed by atoms with Gasteiger partial charge in [0.05, 0.1) is 6.54 Å². The highest BCUT2D eigenvalue weighted by Crippen LogP contribution is 2.44. The van der Waals surface area contributed by atoms with Gasteiger partial charge in [0.2, 0.25) is 0 Å². The maximum Gasteiger partial charge on any atom is 0.129 e. The highest BCUT2D eigenvalue weighted by molar-refractivity contribution is 5.06. The average Bonchev–Trinajstić information content (AvgIpc) is 3.02. The third-order valence-electron chi connectivity index (χ3n) is 4.15. The number of rotatable bonds is 4. The summed E-state index contributed by atoms with van der Waals surface area (Å²) >= 11 is 0. The maximum absolute atomic E-state index is 8.90. The molecule has 3 rings (SSSR count). The fourth-order valence-electron chi connectivity index (χ4n) is 3.33. The van der Waals surface area contributed by atoms with Gasteiger partial charge in [0.25, 0.3) is 0 Å². The molecule has 1 heterocycles. The molecule has 0 saturated heterocycles. The number of hydrogen-bond acceptors (Lipinski definition) is 3. The van der Waals surface area contributed by atoms with Gasteiger partial charge >= 0.3 is 0 Å². The Hall–Kier alpha value is -0.800. The van der Waals surface area contributed by atoms with E-state index in [9.17, 15) is 0 Å². The molecule has 16 heavy (non-hydrogen) atoms. The molecule has 3 nitrogen and oxygen atoms in total. The molecule has 0 radical (unpaired) electrons. The van der Waals surface area contributed by atoms with Gasteiger partial charge in [0.1, 0.15) is 18.1 Å². The minimum atomic E-state index is -0.00583. The van der Waals surface area contributed by atoms with Crippen molar-refractivity contribution in [3.05, 3.63) is 23.7 Å². The molecule has 3 atom stereocenters. The van der Waals surface area contributed by atoms with Crippen LogP contribution >= 0.6 is 0 Å². The zero-order valence-electron chi connectivity index (χ0n) is 9.48. The summed E-state index contributed by atoms with van der Waals surface area (Å²) < 4.78 is 5.46. The van der Waals surface area contributed by atoms with Crippen LogP contribution in [-0.2, 0) is 13.2 Å². The zero-order valence-corrected chi connectivity index (χ0v) is 9.48. The summed E-state index contributed by atoms with van der Waals surface area (Å²) in [5.74, 6) is 3.47. The standard InChI is InChI=1S/C13H19NO2/c15-8-12-4-3-11(16-12)7-14-13-6-9-1-2-10(13)5-9/h3-4,9-10,13-15H,1-2,5-8H2. The molecular weight excluding hydrogens is 202 g/mol. The van der Waals surface area contributed by atoms with Crippen LogP contribution in [0.25, 0.3) is 0 Å². The van der Waals surface area contributed by atoms with Crippen LogP contribution in [0.1, 0.15) is 37.2 Å². The van der Waals surface area contributed by atoms with Gasteiger partial charge in [-0.15, -0.1) is 0 Å². The Balaban J connectivity index is 1.53. The lowest BCUT2D eigenvalue weighted by molar-refractivity contribution is 0.241. The average molecular weight is 221 g/mol. The highest BCUT2D eigenvalue weighted by Gasteiger charge is 2.39. The second-order valence-electron chi connectivity index (χ2n) is 5.19. The monoisotopic (exact) mass is 221 g/mol. The highest BCUT2D eigenvalue weighted by atomic mass is 16.4. The van der Waals surface area contributed by atoms with Crippen molar-refractivity contribution in [2.45, 2.75) is 44.9 Å². The van der Waals surface area contributed by atoms with Crippen molar-refractivity contribution >= 4 is 0 Å². The number of furan rings is 1. The third kappa shape index (κ3) is 1.89. The van der Waals surface area contributed by atoms with Crippen LogP contribution in [0.2, 0.25) is 0 Å². The van der Waals surface area contributed by atoms with E-state index in [4.69, 9.17) is 9.52 Å². The van der Waals surface area contributed by atoms with E-state index < -0.39 is 0 Å². The summed E-state index contributed by atoms with van der Waals surface area (Å²) in [6.45, 7) is 0.794. The zero-order chi connectivity index (χ0) is 11.0. The van der Waals surface area contributed by atoms with Crippen molar-refractivity contribution in [3.8, 4) is 0 Å². The van der Waals surface area contributed by atoms with E-state index in [0.717, 1.165) is 24.1 Å². The number of aliphatic hydroxyl groups is 1. The van der Waals surface area contributed by atoms with Gasteiger partial charge in [-0.1, -0.05) is 6.42 Å². The van der Waals surface area contributed by atoms with E-state index in [-0.39, 0.29) is 6.61 Å². The SMILES string of the molecule is OCc1ccc(CNC2CC3CCC2C3)o1. The lowest BCUT2D eigenvalue weighted by atomic mass is 9.95. The smallest absolute Gasteiger partial charge is 0.129 e. The lowest BCUT2D eigenvalue weighted by Gasteiger charge is -2.22. The topological polar surface area (TPSA) is 45.4 Å². The number of nitrogens with one attached hydrogen (secondary N) is 1. The second kappa shape index (κ2) is 4.22. The molecule has 88 valence electrons. The predicted molar refractivity (Wildman–Crippen MR) is 60.7 cm³/mol. The van der Waals surface area contributed by atoms with E-state index in [1.54, 1.807) is 0 Å². The van der Waals surface area contributed by atoms with Gasteiger partial charge < -0.3 is 14.8 Å². The molecule has 1 aromatic heterocycles. The van der Waals surface area contributed by atoms with Crippen molar-refractivity contribution in [3.63, 3.8) is 0 Å². The Bertz CT molecular complexity index is 361. The molecule has 2 N–H and O–H groups in total. The van der Waals surface area contributed by atoms with E-state index in [1.807, 2.05) is 12.1 Å². The molecule has 0 aliphatic heterocycles. The van der Waals surface area contributed by atoms with Crippen molar-refractivity contribution in [2.24, 2.45) is 11.8 Å². The third-order valence-corrected chi connectivity index (χ3v) is 4.15. The van der Waals surface area contributed by atoms with Crippen LogP contribution in [0, 0.1) is 11.8 Å². The number of fused-ring (bicyclic) bond motifs is 2. The van der Waals surface area contributed by atoms with Crippen LogP contribution in [0.4, 0.5) is 0 Å². The Kier molecular flexibility index (Phi) is 2.74. The minimum absolute atomic E-state index is 0.00583. The first-order valence-electron chi connectivity index (χ1n) is 6.27. The van der Waals surface area contributed by atoms with Gasteiger partial charge in [0.15, 0.2) is 0 Å². The van der Waals surface area contributed by atoms with Crippen molar-refractivity contribution in [1.82, 2.24) is 5.32 Å². The molecule has 0 spiro atoms. The van der Waals surface area contributed by atoms with Gasteiger partial charge in [-0.05, 0) is 43.2 Å². The van der Waals surface area contributed by atoms with Crippen LogP contribution in [0.5, 0.6) is 0 Å². The lowest BCUT2D eigenvalue weighted by Crippen LogP contribution is -2.33. The Morgan fingerprint density at radius 2 is 2.12 bits per heavy atom. The fraction of sp³-hybridized carbons (Fsp3) is 0.692. The molecule has 2 fully saturated rings. The van der Waals surface area contributed by atoms with Crippen molar-refractivity contribution in [1.29, 1.82) is 0 Å². The van der Waals surface area contributed by atoms with Crippen LogP contribution < -0.4 is 5.32 Å². The summed E-state index contributed by atoms with van der Waals surface area (Å²) in [6.07, 6.45) is 5.62. The first kappa shape index (κ1) is 10.4. The summed E-state index contributed by atoms with van der Waals surface area (Å²) in [7, 11) is 0. The maximum atomic E-state index is 8.90. The second-order valence-corrected chi connectivity index (χ2v) is 5.19. The molecule has 2 bridgehead atoms. The van der Waals surface area contributed by atoms with Gasteiger partial charge in [0, 0.05) is 6.04 Å². The van der Waals surface area contributed by atoms with Gasteiger partial charge in [-0.2, -0.15) is 0 Å². The van der Waals surface area contributed by atoms with Crippen LogP contribution in [0.3, 0.4) is 0 Å². The molecule has 0 aromatic carbocycles. The van der Waals surface area contributed by atoms with Gasteiger partial charge in [-0.3, -0.25) is 0 Å². The Morgan fingerprint density at radius 3 is 2.75 bits per heavy atom. The Labute approximate surface area is 95.8 Å². The molecule has 0 amide bonds. The molecule has 1 aromatic rings. The van der Waals surface area contributed by atoms with Crippen molar-refractivity contribution < 1.29 is 9.52 Å². The summed E-state index contributed by atoms with van der Waals surface area (Å²) in [5.41, 5.74) is 0. The normalized spacial score (nSPS) is 32.4. The summed E-state index contributed by atoms with van der Waals surface area (Å²) in [5, 5.41) is 12.5. The van der Waals surface area contributed by atoms with Crippen molar-refractivity contribution in [2.75, 3.05) is 0 Å². The summed E-state index contributed by atoms with van der Waals surface area (Å²) in [6, 6.07) is 4.49. The minimum Gasteiger partial charge on any atom is -0.462 e. The van der Waals surface area contributed by atoms with E-state index >= 15 is 0 Å². The molecule has 2 aliphatic carbocycles. The molecule has 2 aliphatic rings. The quantitative estimate of drug-likeness (QED) is 0.818. The molecular formula is C13H19NO2. The predicted octanol–water partition coefficient (Wildman–Crippen LogP) is 2.05. The first-order valence-corrected chi connectivity index (χ1v) is 6.27. The molecule has 3 heteroatoms. The van der Waals surface area contributed by atoms with Crippen LogP contribution in [0.15, 0.2) is 16.5 Å². The van der Waals surface area contributed by atoms with Crippen LogP contribution in [-0.4, -0.2) is 11.1 Å². The summed E-state index contributed by atoms with van der Waals surface area (Å²) in [4.78, 5) is 0. The molecule has 2 saturated carbocycles.